The molecule has 0 saturated carbocycles. The van der Waals surface area contributed by atoms with Crippen LogP contribution in [0.3, 0.4) is 0 Å². The van der Waals surface area contributed by atoms with E-state index in [9.17, 15) is 0 Å². The van der Waals surface area contributed by atoms with Crippen LogP contribution in [-0.4, -0.2) is 9.97 Å². The molecule has 94 valence electrons. The highest BCUT2D eigenvalue weighted by atomic mass is 15.0. The molecule has 0 aliphatic heterocycles. The summed E-state index contributed by atoms with van der Waals surface area (Å²) in [6.45, 7) is 6.59. The molecule has 1 heterocycles. The number of nitrogens with two attached hydrogens (primary N) is 1. The van der Waals surface area contributed by atoms with Gasteiger partial charge in [-0.2, -0.15) is 0 Å². The maximum absolute atomic E-state index is 5.49. The van der Waals surface area contributed by atoms with Gasteiger partial charge >= 0.3 is 0 Å². The second kappa shape index (κ2) is 4.64. The van der Waals surface area contributed by atoms with Crippen molar-refractivity contribution in [2.45, 2.75) is 26.2 Å². The zero-order valence-corrected chi connectivity index (χ0v) is 10.9. The molecule has 0 saturated heterocycles. The standard InChI is InChI=1S/C14H18N4/c1-14(2,3)10-4-6-11(7-5-10)18-13-9-16-12(15)8-17-13/h4-9H,1-3H3,(H2,15,16)(H,17,18). The summed E-state index contributed by atoms with van der Waals surface area (Å²) in [6.07, 6.45) is 3.15. The highest BCUT2D eigenvalue weighted by Crippen LogP contribution is 2.24. The minimum Gasteiger partial charge on any atom is -0.382 e. The third kappa shape index (κ3) is 2.97. The number of nitrogen functional groups attached to an aromatic ring is 1. The first-order valence-electron chi connectivity index (χ1n) is 5.90. The minimum absolute atomic E-state index is 0.166. The predicted molar refractivity (Wildman–Crippen MR) is 74.9 cm³/mol. The lowest BCUT2D eigenvalue weighted by Crippen LogP contribution is -2.10. The Hall–Kier alpha value is -2.10. The van der Waals surface area contributed by atoms with E-state index in [1.807, 2.05) is 12.1 Å². The average molecular weight is 242 g/mol. The maximum atomic E-state index is 5.49. The van der Waals surface area contributed by atoms with Crippen molar-refractivity contribution in [3.8, 4) is 0 Å². The van der Waals surface area contributed by atoms with Crippen LogP contribution >= 0.6 is 0 Å². The third-order valence-corrected chi connectivity index (χ3v) is 2.70. The topological polar surface area (TPSA) is 63.8 Å². The number of benzene rings is 1. The molecule has 0 spiro atoms. The highest BCUT2D eigenvalue weighted by Gasteiger charge is 2.12. The lowest BCUT2D eigenvalue weighted by Gasteiger charge is -2.19. The molecule has 4 heteroatoms. The fraction of sp³-hybridized carbons (Fsp3) is 0.286. The number of rotatable bonds is 2. The van der Waals surface area contributed by atoms with Crippen LogP contribution in [0.4, 0.5) is 17.3 Å². The Balaban J connectivity index is 2.13. The van der Waals surface area contributed by atoms with Gasteiger partial charge in [0, 0.05) is 5.69 Å². The number of nitrogens with one attached hydrogen (secondary N) is 1. The zero-order valence-electron chi connectivity index (χ0n) is 10.9. The van der Waals surface area contributed by atoms with Gasteiger partial charge in [-0.05, 0) is 23.1 Å². The summed E-state index contributed by atoms with van der Waals surface area (Å²) in [5, 5.41) is 3.18. The monoisotopic (exact) mass is 242 g/mol. The van der Waals surface area contributed by atoms with Gasteiger partial charge in [0.15, 0.2) is 0 Å². The fourth-order valence-corrected chi connectivity index (χ4v) is 1.60. The number of anilines is 3. The van der Waals surface area contributed by atoms with E-state index >= 15 is 0 Å². The molecular weight excluding hydrogens is 224 g/mol. The molecule has 0 bridgehead atoms. The molecule has 0 aliphatic carbocycles. The molecule has 18 heavy (non-hydrogen) atoms. The van der Waals surface area contributed by atoms with Gasteiger partial charge in [-0.25, -0.2) is 9.97 Å². The van der Waals surface area contributed by atoms with E-state index in [4.69, 9.17) is 5.73 Å². The SMILES string of the molecule is CC(C)(C)c1ccc(Nc2cnc(N)cn2)cc1. The third-order valence-electron chi connectivity index (χ3n) is 2.70. The molecule has 0 fully saturated rings. The quantitative estimate of drug-likeness (QED) is 0.849. The van der Waals surface area contributed by atoms with E-state index in [1.54, 1.807) is 6.20 Å². The van der Waals surface area contributed by atoms with Gasteiger partial charge in [-0.1, -0.05) is 32.9 Å². The van der Waals surface area contributed by atoms with E-state index in [1.165, 1.54) is 11.8 Å². The van der Waals surface area contributed by atoms with Crippen molar-refractivity contribution in [1.29, 1.82) is 0 Å². The van der Waals surface area contributed by atoms with E-state index < -0.39 is 0 Å². The smallest absolute Gasteiger partial charge is 0.149 e. The van der Waals surface area contributed by atoms with Gasteiger partial charge in [0.05, 0.1) is 12.4 Å². The van der Waals surface area contributed by atoms with E-state index in [2.05, 4.69) is 48.2 Å². The molecule has 3 N–H and O–H groups in total. The van der Waals surface area contributed by atoms with Gasteiger partial charge in [0.2, 0.25) is 0 Å². The summed E-state index contributed by atoms with van der Waals surface area (Å²) >= 11 is 0. The molecule has 0 aliphatic rings. The second-order valence-electron chi connectivity index (χ2n) is 5.28. The van der Waals surface area contributed by atoms with Crippen LogP contribution in [0, 0.1) is 0 Å². The van der Waals surface area contributed by atoms with E-state index in [-0.39, 0.29) is 5.41 Å². The van der Waals surface area contributed by atoms with Gasteiger partial charge in [0.1, 0.15) is 11.6 Å². The van der Waals surface area contributed by atoms with E-state index in [0.717, 1.165) is 5.69 Å². The maximum Gasteiger partial charge on any atom is 0.149 e. The molecule has 1 aromatic heterocycles. The Morgan fingerprint density at radius 2 is 1.67 bits per heavy atom. The molecule has 2 aromatic rings. The summed E-state index contributed by atoms with van der Waals surface area (Å²) in [5.41, 5.74) is 7.94. The van der Waals surface area contributed by atoms with Crippen molar-refractivity contribution >= 4 is 17.3 Å². The normalized spacial score (nSPS) is 11.3. The van der Waals surface area contributed by atoms with Gasteiger partial charge in [-0.3, -0.25) is 0 Å². The van der Waals surface area contributed by atoms with Crippen molar-refractivity contribution in [2.75, 3.05) is 11.1 Å². The predicted octanol–water partition coefficient (Wildman–Crippen LogP) is 3.10. The lowest BCUT2D eigenvalue weighted by atomic mass is 9.87. The second-order valence-corrected chi connectivity index (χ2v) is 5.28. The fourth-order valence-electron chi connectivity index (χ4n) is 1.60. The molecule has 1 aromatic carbocycles. The number of hydrogen-bond acceptors (Lipinski definition) is 4. The molecule has 0 atom stereocenters. The summed E-state index contributed by atoms with van der Waals surface area (Å²) in [5.74, 6) is 1.11. The van der Waals surface area contributed by atoms with Gasteiger partial charge < -0.3 is 11.1 Å². The molecule has 0 radical (unpaired) electrons. The van der Waals surface area contributed by atoms with Crippen LogP contribution in [0.15, 0.2) is 36.7 Å². The van der Waals surface area contributed by atoms with Crippen LogP contribution in [0.25, 0.3) is 0 Å². The first-order valence-corrected chi connectivity index (χ1v) is 5.90. The Labute approximate surface area is 107 Å². The van der Waals surface area contributed by atoms with Gasteiger partial charge in [0.25, 0.3) is 0 Å². The van der Waals surface area contributed by atoms with Crippen LogP contribution in [0.2, 0.25) is 0 Å². The number of hydrogen-bond donors (Lipinski definition) is 2. The van der Waals surface area contributed by atoms with E-state index in [0.29, 0.717) is 11.6 Å². The molecule has 0 unspecified atom stereocenters. The summed E-state index contributed by atoms with van der Waals surface area (Å²) in [7, 11) is 0. The summed E-state index contributed by atoms with van der Waals surface area (Å²) < 4.78 is 0. The Morgan fingerprint density at radius 3 is 2.17 bits per heavy atom. The summed E-state index contributed by atoms with van der Waals surface area (Å²) in [6, 6.07) is 8.32. The molecular formula is C14H18N4. The van der Waals surface area contributed by atoms with Crippen molar-refractivity contribution in [3.63, 3.8) is 0 Å². The first kappa shape index (κ1) is 12.4. The Bertz CT molecular complexity index is 509. The summed E-state index contributed by atoms with van der Waals surface area (Å²) in [4.78, 5) is 8.13. The highest BCUT2D eigenvalue weighted by molar-refractivity contribution is 5.56. The Kier molecular flexibility index (Phi) is 3.19. The van der Waals surface area contributed by atoms with Crippen molar-refractivity contribution < 1.29 is 0 Å². The van der Waals surface area contributed by atoms with Crippen LogP contribution in [0.1, 0.15) is 26.3 Å². The Morgan fingerprint density at radius 1 is 1.00 bits per heavy atom. The van der Waals surface area contributed by atoms with Crippen molar-refractivity contribution in [3.05, 3.63) is 42.2 Å². The van der Waals surface area contributed by atoms with Gasteiger partial charge in [-0.15, -0.1) is 0 Å². The molecule has 2 rings (SSSR count). The average Bonchev–Trinajstić information content (AvgIpc) is 2.32. The van der Waals surface area contributed by atoms with Crippen LogP contribution in [0.5, 0.6) is 0 Å². The minimum atomic E-state index is 0.166. The van der Waals surface area contributed by atoms with Crippen molar-refractivity contribution in [2.24, 2.45) is 0 Å². The molecule has 4 nitrogen and oxygen atoms in total. The molecule has 0 amide bonds. The van der Waals surface area contributed by atoms with Crippen molar-refractivity contribution in [1.82, 2.24) is 9.97 Å². The lowest BCUT2D eigenvalue weighted by molar-refractivity contribution is 0.590. The largest absolute Gasteiger partial charge is 0.382 e. The number of nitrogens with zero attached hydrogens (tertiary/aromatic N) is 2. The number of aromatic nitrogens is 2. The zero-order chi connectivity index (χ0) is 13.2. The first-order chi connectivity index (χ1) is 8.45. The van der Waals surface area contributed by atoms with Crippen LogP contribution < -0.4 is 11.1 Å². The van der Waals surface area contributed by atoms with Crippen LogP contribution in [-0.2, 0) is 5.41 Å².